The van der Waals surface area contributed by atoms with Gasteiger partial charge in [0, 0.05) is 29.3 Å². The van der Waals surface area contributed by atoms with Gasteiger partial charge in [0.1, 0.15) is 0 Å². The minimum absolute atomic E-state index is 0.335. The zero-order valence-electron chi connectivity index (χ0n) is 10.8. The van der Waals surface area contributed by atoms with Gasteiger partial charge in [0.15, 0.2) is 0 Å². The Morgan fingerprint density at radius 2 is 2.24 bits per heavy atom. The third-order valence-corrected chi connectivity index (χ3v) is 3.45. The first kappa shape index (κ1) is 14.3. The third kappa shape index (κ3) is 3.58. The Labute approximate surface area is 113 Å². The number of rotatable bonds is 6. The minimum Gasteiger partial charge on any atom is -0.368 e. The lowest BCUT2D eigenvalue weighted by molar-refractivity contribution is 0.649. The molecular formula is C14H21BrN2. The predicted octanol–water partition coefficient (Wildman–Crippen LogP) is 3.74. The van der Waals surface area contributed by atoms with Crippen LogP contribution in [0.2, 0.25) is 0 Å². The molecule has 0 aliphatic carbocycles. The highest BCUT2D eigenvalue weighted by molar-refractivity contribution is 9.10. The summed E-state index contributed by atoms with van der Waals surface area (Å²) >= 11 is 3.54. The van der Waals surface area contributed by atoms with Crippen molar-refractivity contribution in [3.05, 3.63) is 40.9 Å². The van der Waals surface area contributed by atoms with E-state index in [1.807, 2.05) is 13.1 Å². The van der Waals surface area contributed by atoms with E-state index in [0.717, 1.165) is 17.6 Å². The van der Waals surface area contributed by atoms with Crippen molar-refractivity contribution in [2.45, 2.75) is 19.9 Å². The molecule has 0 heterocycles. The van der Waals surface area contributed by atoms with E-state index in [0.29, 0.717) is 6.04 Å². The Hall–Kier alpha value is -0.800. The average molecular weight is 297 g/mol. The second-order valence-electron chi connectivity index (χ2n) is 4.04. The second-order valence-corrected chi connectivity index (χ2v) is 4.96. The van der Waals surface area contributed by atoms with Crippen molar-refractivity contribution < 1.29 is 0 Å². The molecular weight excluding hydrogens is 276 g/mol. The molecule has 1 atom stereocenters. The highest BCUT2D eigenvalue weighted by Crippen LogP contribution is 2.29. The van der Waals surface area contributed by atoms with Crippen LogP contribution in [-0.4, -0.2) is 20.1 Å². The Morgan fingerprint density at radius 1 is 1.53 bits per heavy atom. The van der Waals surface area contributed by atoms with Crippen LogP contribution in [0.4, 0.5) is 5.69 Å². The number of hydrogen-bond donors (Lipinski definition) is 1. The van der Waals surface area contributed by atoms with Crippen LogP contribution >= 0.6 is 15.9 Å². The average Bonchev–Trinajstić information content (AvgIpc) is 2.35. The standard InChI is InChI=1S/C14H21BrN2/c1-5-9-17(6-2)14-8-7-12(15)10-13(14)11(3)16-4/h5,7-8,10-11,16H,1,6,9H2,2-4H3. The van der Waals surface area contributed by atoms with E-state index < -0.39 is 0 Å². The summed E-state index contributed by atoms with van der Waals surface area (Å²) in [6.07, 6.45) is 1.94. The monoisotopic (exact) mass is 296 g/mol. The summed E-state index contributed by atoms with van der Waals surface area (Å²) in [6.45, 7) is 10.0. The van der Waals surface area contributed by atoms with Crippen LogP contribution in [0.5, 0.6) is 0 Å². The topological polar surface area (TPSA) is 15.3 Å². The maximum atomic E-state index is 3.82. The summed E-state index contributed by atoms with van der Waals surface area (Å²) in [7, 11) is 1.99. The molecule has 0 spiro atoms. The molecule has 17 heavy (non-hydrogen) atoms. The van der Waals surface area contributed by atoms with Gasteiger partial charge < -0.3 is 10.2 Å². The fourth-order valence-corrected chi connectivity index (χ4v) is 2.25. The van der Waals surface area contributed by atoms with Crippen LogP contribution < -0.4 is 10.2 Å². The van der Waals surface area contributed by atoms with Crippen molar-refractivity contribution >= 4 is 21.6 Å². The van der Waals surface area contributed by atoms with Gasteiger partial charge in [0.2, 0.25) is 0 Å². The van der Waals surface area contributed by atoms with E-state index in [-0.39, 0.29) is 0 Å². The van der Waals surface area contributed by atoms with E-state index in [2.05, 4.69) is 64.8 Å². The second kappa shape index (κ2) is 6.82. The molecule has 1 unspecified atom stereocenters. The van der Waals surface area contributed by atoms with Crippen molar-refractivity contribution in [1.82, 2.24) is 5.32 Å². The fraction of sp³-hybridized carbons (Fsp3) is 0.429. The van der Waals surface area contributed by atoms with Crippen LogP contribution in [0.15, 0.2) is 35.3 Å². The number of nitrogens with zero attached hydrogens (tertiary/aromatic N) is 1. The molecule has 2 nitrogen and oxygen atoms in total. The van der Waals surface area contributed by atoms with Crippen LogP contribution in [0, 0.1) is 0 Å². The normalized spacial score (nSPS) is 12.2. The van der Waals surface area contributed by atoms with Crippen molar-refractivity contribution in [3.63, 3.8) is 0 Å². The molecule has 0 amide bonds. The van der Waals surface area contributed by atoms with Gasteiger partial charge in [-0.25, -0.2) is 0 Å². The number of nitrogens with one attached hydrogen (secondary N) is 1. The zero-order valence-corrected chi connectivity index (χ0v) is 12.4. The molecule has 0 aliphatic rings. The summed E-state index contributed by atoms with van der Waals surface area (Å²) in [5.74, 6) is 0. The quantitative estimate of drug-likeness (QED) is 0.805. The smallest absolute Gasteiger partial charge is 0.0418 e. The van der Waals surface area contributed by atoms with E-state index in [1.54, 1.807) is 0 Å². The van der Waals surface area contributed by atoms with Crippen molar-refractivity contribution in [2.24, 2.45) is 0 Å². The number of hydrogen-bond acceptors (Lipinski definition) is 2. The highest BCUT2D eigenvalue weighted by Gasteiger charge is 2.13. The first-order chi connectivity index (χ1) is 8.13. The van der Waals surface area contributed by atoms with Gasteiger partial charge in [-0.1, -0.05) is 22.0 Å². The number of likely N-dealkylation sites (N-methyl/N-ethyl adjacent to an activating group) is 1. The maximum absolute atomic E-state index is 3.82. The zero-order chi connectivity index (χ0) is 12.8. The van der Waals surface area contributed by atoms with Gasteiger partial charge in [-0.2, -0.15) is 0 Å². The lowest BCUT2D eigenvalue weighted by atomic mass is 10.1. The molecule has 1 rings (SSSR count). The van der Waals surface area contributed by atoms with E-state index >= 15 is 0 Å². The first-order valence-corrected chi connectivity index (χ1v) is 6.75. The fourth-order valence-electron chi connectivity index (χ4n) is 1.87. The minimum atomic E-state index is 0.335. The van der Waals surface area contributed by atoms with Gasteiger partial charge in [-0.15, -0.1) is 6.58 Å². The largest absolute Gasteiger partial charge is 0.368 e. The van der Waals surface area contributed by atoms with Crippen LogP contribution in [-0.2, 0) is 0 Å². The molecule has 1 aromatic rings. The Kier molecular flexibility index (Phi) is 5.72. The van der Waals surface area contributed by atoms with Gasteiger partial charge in [-0.05, 0) is 44.7 Å². The van der Waals surface area contributed by atoms with Gasteiger partial charge in [0.25, 0.3) is 0 Å². The van der Waals surface area contributed by atoms with E-state index in [4.69, 9.17) is 0 Å². The third-order valence-electron chi connectivity index (χ3n) is 2.96. The Bertz CT molecular complexity index is 376. The molecule has 0 aromatic heterocycles. The summed E-state index contributed by atoms with van der Waals surface area (Å²) in [6, 6.07) is 6.77. The van der Waals surface area contributed by atoms with Crippen LogP contribution in [0.1, 0.15) is 25.5 Å². The number of halogens is 1. The Balaban J connectivity index is 3.16. The molecule has 0 fully saturated rings. The first-order valence-electron chi connectivity index (χ1n) is 5.96. The number of anilines is 1. The number of benzene rings is 1. The molecule has 0 radical (unpaired) electrons. The molecule has 3 heteroatoms. The van der Waals surface area contributed by atoms with Gasteiger partial charge in [-0.3, -0.25) is 0 Å². The molecule has 0 saturated heterocycles. The van der Waals surface area contributed by atoms with E-state index in [1.165, 1.54) is 11.3 Å². The molecule has 0 bridgehead atoms. The molecule has 0 aliphatic heterocycles. The predicted molar refractivity (Wildman–Crippen MR) is 79.7 cm³/mol. The van der Waals surface area contributed by atoms with Crippen molar-refractivity contribution in [3.8, 4) is 0 Å². The summed E-state index contributed by atoms with van der Waals surface area (Å²) in [5.41, 5.74) is 2.59. The SMILES string of the molecule is C=CCN(CC)c1ccc(Br)cc1C(C)NC. The summed E-state index contributed by atoms with van der Waals surface area (Å²) in [4.78, 5) is 2.32. The molecule has 0 saturated carbocycles. The Morgan fingerprint density at radius 3 is 2.76 bits per heavy atom. The van der Waals surface area contributed by atoms with Crippen molar-refractivity contribution in [2.75, 3.05) is 25.0 Å². The summed E-state index contributed by atoms with van der Waals surface area (Å²) in [5, 5.41) is 3.30. The lowest BCUT2D eigenvalue weighted by Gasteiger charge is -2.27. The molecule has 1 aromatic carbocycles. The van der Waals surface area contributed by atoms with Crippen LogP contribution in [0.3, 0.4) is 0 Å². The molecule has 94 valence electrons. The lowest BCUT2D eigenvalue weighted by Crippen LogP contribution is -2.25. The van der Waals surface area contributed by atoms with E-state index in [9.17, 15) is 0 Å². The maximum Gasteiger partial charge on any atom is 0.0418 e. The van der Waals surface area contributed by atoms with Gasteiger partial charge in [0.05, 0.1) is 0 Å². The highest BCUT2D eigenvalue weighted by atomic mass is 79.9. The van der Waals surface area contributed by atoms with Crippen LogP contribution in [0.25, 0.3) is 0 Å². The van der Waals surface area contributed by atoms with Gasteiger partial charge >= 0.3 is 0 Å². The summed E-state index contributed by atoms with van der Waals surface area (Å²) < 4.78 is 1.12. The van der Waals surface area contributed by atoms with Crippen molar-refractivity contribution in [1.29, 1.82) is 0 Å². The molecule has 1 N–H and O–H groups in total.